The van der Waals surface area contributed by atoms with Gasteiger partial charge in [0.05, 0.1) is 5.69 Å². The molecule has 0 bridgehead atoms. The van der Waals surface area contributed by atoms with Crippen molar-refractivity contribution in [2.75, 3.05) is 5.01 Å². The van der Waals surface area contributed by atoms with Crippen LogP contribution in [0.5, 0.6) is 0 Å². The summed E-state index contributed by atoms with van der Waals surface area (Å²) in [5.74, 6) is 0. The van der Waals surface area contributed by atoms with Crippen molar-refractivity contribution < 1.29 is 4.79 Å². The van der Waals surface area contributed by atoms with Gasteiger partial charge in [-0.05, 0) is 31.9 Å². The first kappa shape index (κ1) is 12.9. The molecule has 0 aromatic heterocycles. The zero-order chi connectivity index (χ0) is 13.0. The SMILES string of the molecule is CCCCC[C@@]1(C)NC(=O)N(c2ccccc2)N1. The number of hydrogen-bond acceptors (Lipinski definition) is 2. The maximum atomic E-state index is 12.0. The van der Waals surface area contributed by atoms with E-state index in [2.05, 4.69) is 17.7 Å². The Bertz CT molecular complexity index is 407. The average Bonchev–Trinajstić information content (AvgIpc) is 2.67. The van der Waals surface area contributed by atoms with E-state index >= 15 is 0 Å². The minimum Gasteiger partial charge on any atom is -0.317 e. The van der Waals surface area contributed by atoms with Gasteiger partial charge in [-0.3, -0.25) is 0 Å². The molecule has 0 aliphatic carbocycles. The molecule has 1 aliphatic heterocycles. The topological polar surface area (TPSA) is 44.4 Å². The second kappa shape index (κ2) is 5.40. The summed E-state index contributed by atoms with van der Waals surface area (Å²) >= 11 is 0. The molecule has 2 N–H and O–H groups in total. The molecule has 1 aromatic rings. The van der Waals surface area contributed by atoms with E-state index in [9.17, 15) is 4.79 Å². The number of benzene rings is 1. The van der Waals surface area contributed by atoms with Crippen LogP contribution in [0.25, 0.3) is 0 Å². The van der Waals surface area contributed by atoms with Crippen LogP contribution in [0.4, 0.5) is 10.5 Å². The first-order chi connectivity index (χ1) is 8.64. The fourth-order valence-corrected chi connectivity index (χ4v) is 2.22. The van der Waals surface area contributed by atoms with Crippen molar-refractivity contribution in [3.05, 3.63) is 30.3 Å². The molecular weight excluding hydrogens is 226 g/mol. The quantitative estimate of drug-likeness (QED) is 0.786. The lowest BCUT2D eigenvalue weighted by molar-refractivity contribution is 0.246. The normalized spacial score (nSPS) is 23.2. The maximum Gasteiger partial charge on any atom is 0.338 e. The minimum absolute atomic E-state index is 0.0831. The third kappa shape index (κ3) is 2.82. The molecule has 1 heterocycles. The first-order valence-electron chi connectivity index (χ1n) is 6.60. The lowest BCUT2D eigenvalue weighted by atomic mass is 10.1. The van der Waals surface area contributed by atoms with Gasteiger partial charge in [-0.1, -0.05) is 38.0 Å². The summed E-state index contributed by atoms with van der Waals surface area (Å²) in [5.41, 5.74) is 3.80. The van der Waals surface area contributed by atoms with Crippen LogP contribution in [0.15, 0.2) is 30.3 Å². The van der Waals surface area contributed by atoms with Crippen LogP contribution in [0, 0.1) is 0 Å². The number of nitrogens with one attached hydrogen (secondary N) is 2. The van der Waals surface area contributed by atoms with E-state index < -0.39 is 0 Å². The van der Waals surface area contributed by atoms with Crippen molar-refractivity contribution in [3.8, 4) is 0 Å². The van der Waals surface area contributed by atoms with Crippen LogP contribution in [0.3, 0.4) is 0 Å². The van der Waals surface area contributed by atoms with Crippen LogP contribution < -0.4 is 15.8 Å². The lowest BCUT2D eigenvalue weighted by Crippen LogP contribution is -2.48. The Hall–Kier alpha value is -1.55. The van der Waals surface area contributed by atoms with Crippen LogP contribution >= 0.6 is 0 Å². The summed E-state index contributed by atoms with van der Waals surface area (Å²) in [7, 11) is 0. The van der Waals surface area contributed by atoms with Crippen molar-refractivity contribution >= 4 is 11.7 Å². The van der Waals surface area contributed by atoms with Crippen molar-refractivity contribution in [2.24, 2.45) is 0 Å². The van der Waals surface area contributed by atoms with Crippen LogP contribution in [0.2, 0.25) is 0 Å². The average molecular weight is 247 g/mol. The van der Waals surface area contributed by atoms with Gasteiger partial charge in [0.25, 0.3) is 0 Å². The summed E-state index contributed by atoms with van der Waals surface area (Å²) in [4.78, 5) is 12.0. The number of carbonyl (C=O) groups excluding carboxylic acids is 1. The molecule has 0 saturated carbocycles. The predicted octanol–water partition coefficient (Wildman–Crippen LogP) is 3.02. The molecule has 1 aromatic carbocycles. The lowest BCUT2D eigenvalue weighted by Gasteiger charge is -2.24. The second-order valence-electron chi connectivity index (χ2n) is 5.00. The number of unbranched alkanes of at least 4 members (excludes halogenated alkanes) is 2. The Balaban J connectivity index is 2.02. The summed E-state index contributed by atoms with van der Waals surface area (Å²) in [6.07, 6.45) is 4.43. The Labute approximate surface area is 108 Å². The third-order valence-electron chi connectivity index (χ3n) is 3.24. The fourth-order valence-electron chi connectivity index (χ4n) is 2.22. The van der Waals surface area contributed by atoms with E-state index in [1.54, 1.807) is 5.01 Å². The van der Waals surface area contributed by atoms with Crippen LogP contribution in [0.1, 0.15) is 39.5 Å². The van der Waals surface area contributed by atoms with Gasteiger partial charge in [-0.2, -0.15) is 0 Å². The number of urea groups is 1. The molecule has 2 rings (SSSR count). The van der Waals surface area contributed by atoms with E-state index in [0.29, 0.717) is 0 Å². The molecule has 0 spiro atoms. The highest BCUT2D eigenvalue weighted by molar-refractivity contribution is 5.93. The zero-order valence-corrected chi connectivity index (χ0v) is 11.1. The van der Waals surface area contributed by atoms with E-state index in [4.69, 9.17) is 0 Å². The Morgan fingerprint density at radius 3 is 2.61 bits per heavy atom. The van der Waals surface area contributed by atoms with Gasteiger partial charge in [0, 0.05) is 0 Å². The van der Waals surface area contributed by atoms with Crippen molar-refractivity contribution in [2.45, 2.75) is 45.2 Å². The van der Waals surface area contributed by atoms with Gasteiger partial charge in [0.2, 0.25) is 0 Å². The molecule has 4 nitrogen and oxygen atoms in total. The van der Waals surface area contributed by atoms with Gasteiger partial charge in [0.1, 0.15) is 5.66 Å². The Morgan fingerprint density at radius 1 is 1.22 bits per heavy atom. The second-order valence-corrected chi connectivity index (χ2v) is 5.00. The molecule has 1 fully saturated rings. The summed E-state index contributed by atoms with van der Waals surface area (Å²) < 4.78 is 0. The third-order valence-corrected chi connectivity index (χ3v) is 3.24. The van der Waals surface area contributed by atoms with Crippen molar-refractivity contribution in [3.63, 3.8) is 0 Å². The number of nitrogens with zero attached hydrogens (tertiary/aromatic N) is 1. The molecule has 4 heteroatoms. The molecule has 2 amide bonds. The van der Waals surface area contributed by atoms with E-state index in [1.165, 1.54) is 12.8 Å². The van der Waals surface area contributed by atoms with Crippen molar-refractivity contribution in [1.29, 1.82) is 0 Å². The van der Waals surface area contributed by atoms with Gasteiger partial charge >= 0.3 is 6.03 Å². The minimum atomic E-state index is -0.331. The van der Waals surface area contributed by atoms with Gasteiger partial charge in [-0.15, -0.1) is 0 Å². The van der Waals surface area contributed by atoms with Crippen LogP contribution in [-0.2, 0) is 0 Å². The number of rotatable bonds is 5. The standard InChI is InChI=1S/C14H21N3O/c1-3-4-8-11-14(2)15-13(18)17(16-14)12-9-6-5-7-10-12/h5-7,9-10,16H,3-4,8,11H2,1-2H3,(H,15,18)/t14-/m0/s1. The fraction of sp³-hybridized carbons (Fsp3) is 0.500. The number of para-hydroxylation sites is 1. The zero-order valence-electron chi connectivity index (χ0n) is 11.1. The summed E-state index contributed by atoms with van der Waals surface area (Å²) in [6, 6.07) is 9.56. The first-order valence-corrected chi connectivity index (χ1v) is 6.60. The Morgan fingerprint density at radius 2 is 1.94 bits per heavy atom. The highest BCUT2D eigenvalue weighted by Gasteiger charge is 2.38. The van der Waals surface area contributed by atoms with Gasteiger partial charge in [0.15, 0.2) is 0 Å². The molecule has 0 radical (unpaired) electrons. The predicted molar refractivity (Wildman–Crippen MR) is 73.1 cm³/mol. The summed E-state index contributed by atoms with van der Waals surface area (Å²) in [6.45, 7) is 4.21. The van der Waals surface area contributed by atoms with Crippen LogP contribution in [-0.4, -0.2) is 11.7 Å². The number of amides is 2. The number of hydrogen-bond donors (Lipinski definition) is 2. The van der Waals surface area contributed by atoms with E-state index in [1.807, 2.05) is 37.3 Å². The molecule has 1 atom stereocenters. The number of hydrazine groups is 1. The highest BCUT2D eigenvalue weighted by atomic mass is 16.2. The molecule has 18 heavy (non-hydrogen) atoms. The molecule has 1 aliphatic rings. The highest BCUT2D eigenvalue weighted by Crippen LogP contribution is 2.22. The van der Waals surface area contributed by atoms with E-state index in [-0.39, 0.29) is 11.7 Å². The van der Waals surface area contributed by atoms with Crippen molar-refractivity contribution in [1.82, 2.24) is 10.7 Å². The molecule has 98 valence electrons. The molecule has 0 unspecified atom stereocenters. The monoisotopic (exact) mass is 247 g/mol. The Kier molecular flexibility index (Phi) is 3.87. The van der Waals surface area contributed by atoms with Gasteiger partial charge < -0.3 is 5.32 Å². The van der Waals surface area contributed by atoms with E-state index in [0.717, 1.165) is 18.5 Å². The number of carbonyl (C=O) groups is 1. The summed E-state index contributed by atoms with van der Waals surface area (Å²) in [5, 5.41) is 4.60. The molecular formula is C14H21N3O. The largest absolute Gasteiger partial charge is 0.338 e. The molecule has 1 saturated heterocycles. The van der Waals surface area contributed by atoms with Gasteiger partial charge in [-0.25, -0.2) is 15.2 Å². The number of anilines is 1. The smallest absolute Gasteiger partial charge is 0.317 e. The maximum absolute atomic E-state index is 12.0.